The third kappa shape index (κ3) is 2.47. The van der Waals surface area contributed by atoms with E-state index < -0.39 is 0 Å². The molecule has 1 aliphatic rings. The standard InChI is InChI=1S/C9H16BrNO/c1-7-3-5-11(6-4-7)9(12)8(2)10/h7-8H,3-6H2,1-2H3. The molecule has 1 unspecified atom stereocenters. The quantitative estimate of drug-likeness (QED) is 0.635. The van der Waals surface area contributed by atoms with Gasteiger partial charge in [-0.1, -0.05) is 22.9 Å². The van der Waals surface area contributed by atoms with Crippen molar-refractivity contribution in [2.45, 2.75) is 31.5 Å². The number of alkyl halides is 1. The molecule has 0 spiro atoms. The SMILES string of the molecule is CC1CCN(C(=O)C(C)Br)CC1. The fourth-order valence-electron chi connectivity index (χ4n) is 1.48. The Hall–Kier alpha value is -0.0500. The molecule has 0 radical (unpaired) electrons. The van der Waals surface area contributed by atoms with Crippen molar-refractivity contribution >= 4 is 21.8 Å². The highest BCUT2D eigenvalue weighted by Crippen LogP contribution is 2.17. The molecular weight excluding hydrogens is 218 g/mol. The van der Waals surface area contributed by atoms with Crippen LogP contribution >= 0.6 is 15.9 Å². The smallest absolute Gasteiger partial charge is 0.236 e. The molecule has 1 fully saturated rings. The zero-order valence-electron chi connectivity index (χ0n) is 7.72. The Balaban J connectivity index is 2.39. The summed E-state index contributed by atoms with van der Waals surface area (Å²) in [7, 11) is 0. The number of likely N-dealkylation sites (tertiary alicyclic amines) is 1. The van der Waals surface area contributed by atoms with Gasteiger partial charge in [-0.05, 0) is 25.7 Å². The van der Waals surface area contributed by atoms with Gasteiger partial charge in [0.1, 0.15) is 0 Å². The van der Waals surface area contributed by atoms with E-state index in [1.807, 2.05) is 11.8 Å². The third-order valence-electron chi connectivity index (χ3n) is 2.44. The topological polar surface area (TPSA) is 20.3 Å². The zero-order valence-corrected chi connectivity index (χ0v) is 9.30. The van der Waals surface area contributed by atoms with E-state index in [0.29, 0.717) is 0 Å². The molecule has 0 saturated carbocycles. The number of carbonyl (C=O) groups is 1. The minimum absolute atomic E-state index is 0.0223. The van der Waals surface area contributed by atoms with Gasteiger partial charge in [0.05, 0.1) is 4.83 Å². The second-order valence-electron chi connectivity index (χ2n) is 3.62. The molecule has 1 atom stereocenters. The molecule has 1 aliphatic heterocycles. The van der Waals surface area contributed by atoms with E-state index in [9.17, 15) is 4.79 Å². The van der Waals surface area contributed by atoms with Crippen LogP contribution in [0.15, 0.2) is 0 Å². The van der Waals surface area contributed by atoms with Crippen molar-refractivity contribution in [2.24, 2.45) is 5.92 Å². The summed E-state index contributed by atoms with van der Waals surface area (Å²) < 4.78 is 0. The van der Waals surface area contributed by atoms with Crippen LogP contribution in [0, 0.1) is 5.92 Å². The van der Waals surface area contributed by atoms with Crippen LogP contribution < -0.4 is 0 Å². The minimum atomic E-state index is -0.0223. The molecule has 0 N–H and O–H groups in total. The van der Waals surface area contributed by atoms with Gasteiger partial charge in [0, 0.05) is 13.1 Å². The number of hydrogen-bond donors (Lipinski definition) is 0. The van der Waals surface area contributed by atoms with Crippen molar-refractivity contribution in [1.29, 1.82) is 0 Å². The first-order valence-electron chi connectivity index (χ1n) is 4.54. The first-order chi connectivity index (χ1) is 5.61. The van der Waals surface area contributed by atoms with Gasteiger partial charge >= 0.3 is 0 Å². The Morgan fingerprint density at radius 3 is 2.42 bits per heavy atom. The summed E-state index contributed by atoms with van der Waals surface area (Å²) in [5.74, 6) is 1.03. The fraction of sp³-hybridized carbons (Fsp3) is 0.889. The number of piperidine rings is 1. The molecule has 0 aromatic heterocycles. The molecular formula is C9H16BrNO. The lowest BCUT2D eigenvalue weighted by Gasteiger charge is -2.31. The zero-order chi connectivity index (χ0) is 9.14. The molecule has 0 aliphatic carbocycles. The summed E-state index contributed by atoms with van der Waals surface area (Å²) in [6, 6.07) is 0. The van der Waals surface area contributed by atoms with Crippen LogP contribution in [-0.4, -0.2) is 28.7 Å². The molecule has 0 aromatic rings. The van der Waals surface area contributed by atoms with Gasteiger partial charge in [0.25, 0.3) is 0 Å². The molecule has 0 aromatic carbocycles. The Morgan fingerprint density at radius 1 is 1.50 bits per heavy atom. The highest BCUT2D eigenvalue weighted by molar-refractivity contribution is 9.10. The van der Waals surface area contributed by atoms with Crippen molar-refractivity contribution in [3.63, 3.8) is 0 Å². The lowest BCUT2D eigenvalue weighted by molar-refractivity contribution is -0.131. The van der Waals surface area contributed by atoms with Gasteiger partial charge in [-0.3, -0.25) is 4.79 Å². The van der Waals surface area contributed by atoms with Crippen LogP contribution in [0.3, 0.4) is 0 Å². The van der Waals surface area contributed by atoms with Gasteiger partial charge in [-0.25, -0.2) is 0 Å². The predicted octanol–water partition coefficient (Wildman–Crippen LogP) is 2.03. The normalized spacial score (nSPS) is 22.4. The van der Waals surface area contributed by atoms with Crippen LogP contribution in [0.1, 0.15) is 26.7 Å². The van der Waals surface area contributed by atoms with E-state index in [4.69, 9.17) is 0 Å². The number of carbonyl (C=O) groups excluding carboxylic acids is 1. The summed E-state index contributed by atoms with van der Waals surface area (Å²) in [5, 5.41) is 0. The molecule has 0 bridgehead atoms. The van der Waals surface area contributed by atoms with Crippen LogP contribution in [0.4, 0.5) is 0 Å². The van der Waals surface area contributed by atoms with Gasteiger partial charge in [-0.15, -0.1) is 0 Å². The summed E-state index contributed by atoms with van der Waals surface area (Å²) in [6.45, 7) is 6.02. The van der Waals surface area contributed by atoms with Crippen molar-refractivity contribution in [3.05, 3.63) is 0 Å². The summed E-state index contributed by atoms with van der Waals surface area (Å²) in [6.07, 6.45) is 2.32. The maximum Gasteiger partial charge on any atom is 0.236 e. The highest BCUT2D eigenvalue weighted by Gasteiger charge is 2.22. The van der Waals surface area contributed by atoms with Gasteiger partial charge < -0.3 is 4.90 Å². The fourth-order valence-corrected chi connectivity index (χ4v) is 1.77. The average Bonchev–Trinajstić information content (AvgIpc) is 2.04. The largest absolute Gasteiger partial charge is 0.342 e. The van der Waals surface area contributed by atoms with Crippen LogP contribution in [0.5, 0.6) is 0 Å². The molecule has 12 heavy (non-hydrogen) atoms. The maximum absolute atomic E-state index is 11.5. The average molecular weight is 234 g/mol. The van der Waals surface area contributed by atoms with E-state index >= 15 is 0 Å². The molecule has 3 heteroatoms. The van der Waals surface area contributed by atoms with Crippen LogP contribution in [0.2, 0.25) is 0 Å². The Morgan fingerprint density at radius 2 is 2.00 bits per heavy atom. The number of hydrogen-bond acceptors (Lipinski definition) is 1. The van der Waals surface area contributed by atoms with Crippen molar-refractivity contribution in [1.82, 2.24) is 4.90 Å². The number of amides is 1. The van der Waals surface area contributed by atoms with Crippen molar-refractivity contribution < 1.29 is 4.79 Å². The summed E-state index contributed by atoms with van der Waals surface area (Å²) in [5.41, 5.74) is 0. The van der Waals surface area contributed by atoms with E-state index in [2.05, 4.69) is 22.9 Å². The van der Waals surface area contributed by atoms with E-state index in [1.54, 1.807) is 0 Å². The van der Waals surface area contributed by atoms with E-state index in [-0.39, 0.29) is 10.7 Å². The molecule has 1 saturated heterocycles. The Kier molecular flexibility index (Phi) is 3.56. The molecule has 70 valence electrons. The molecule has 1 amide bonds. The number of rotatable bonds is 1. The minimum Gasteiger partial charge on any atom is -0.342 e. The van der Waals surface area contributed by atoms with Crippen molar-refractivity contribution in [2.75, 3.05) is 13.1 Å². The lowest BCUT2D eigenvalue weighted by atomic mass is 9.99. The van der Waals surface area contributed by atoms with E-state index in [1.165, 1.54) is 0 Å². The second kappa shape index (κ2) is 4.26. The number of nitrogens with zero attached hydrogens (tertiary/aromatic N) is 1. The molecule has 1 rings (SSSR count). The number of halogens is 1. The van der Waals surface area contributed by atoms with E-state index in [0.717, 1.165) is 31.8 Å². The monoisotopic (exact) mass is 233 g/mol. The summed E-state index contributed by atoms with van der Waals surface area (Å²) >= 11 is 3.30. The van der Waals surface area contributed by atoms with Crippen LogP contribution in [-0.2, 0) is 4.79 Å². The first kappa shape index (κ1) is 10.0. The molecule has 1 heterocycles. The lowest BCUT2D eigenvalue weighted by Crippen LogP contribution is -2.41. The Bertz CT molecular complexity index is 162. The summed E-state index contributed by atoms with van der Waals surface area (Å²) in [4.78, 5) is 13.4. The third-order valence-corrected chi connectivity index (χ3v) is 2.83. The predicted molar refractivity (Wildman–Crippen MR) is 53.4 cm³/mol. The maximum atomic E-state index is 11.5. The van der Waals surface area contributed by atoms with Gasteiger partial charge in [0.15, 0.2) is 0 Å². The molecule has 2 nitrogen and oxygen atoms in total. The van der Waals surface area contributed by atoms with Crippen LogP contribution in [0.25, 0.3) is 0 Å². The second-order valence-corrected chi connectivity index (χ2v) is 5.00. The van der Waals surface area contributed by atoms with Crippen molar-refractivity contribution in [3.8, 4) is 0 Å². The highest BCUT2D eigenvalue weighted by atomic mass is 79.9. The Labute approximate surface area is 82.4 Å². The van der Waals surface area contributed by atoms with Gasteiger partial charge in [-0.2, -0.15) is 0 Å². The first-order valence-corrected chi connectivity index (χ1v) is 5.45. The van der Waals surface area contributed by atoms with Gasteiger partial charge in [0.2, 0.25) is 5.91 Å².